The standard InChI is InChI=1S/C9H9NO4S/c1-14-6-2-3-8-7(4-6)10-5-9(11)15(8,12)13/h2-4,10H,5H2,1H3. The molecule has 0 aromatic heterocycles. The Hall–Kier alpha value is -1.56. The molecular formula is C9H9NO4S. The molecule has 0 radical (unpaired) electrons. The van der Waals surface area contributed by atoms with Crippen molar-refractivity contribution < 1.29 is 17.9 Å². The van der Waals surface area contributed by atoms with Crippen LogP contribution in [0.2, 0.25) is 0 Å². The average Bonchev–Trinajstić information content (AvgIpc) is 2.23. The van der Waals surface area contributed by atoms with E-state index in [-0.39, 0.29) is 11.4 Å². The van der Waals surface area contributed by atoms with Crippen LogP contribution in [0.25, 0.3) is 0 Å². The maximum absolute atomic E-state index is 11.6. The molecule has 15 heavy (non-hydrogen) atoms. The number of hydrogen-bond acceptors (Lipinski definition) is 5. The molecule has 1 heterocycles. The summed E-state index contributed by atoms with van der Waals surface area (Å²) in [6.45, 7) is -0.192. The molecule has 0 amide bonds. The van der Waals surface area contributed by atoms with Gasteiger partial charge in [-0.05, 0) is 12.1 Å². The van der Waals surface area contributed by atoms with E-state index in [1.165, 1.54) is 19.2 Å². The molecule has 0 fully saturated rings. The zero-order chi connectivity index (χ0) is 11.1. The average molecular weight is 227 g/mol. The van der Waals surface area contributed by atoms with Gasteiger partial charge < -0.3 is 10.1 Å². The summed E-state index contributed by atoms with van der Waals surface area (Å²) in [5.74, 6) is 0.547. The number of nitrogens with one attached hydrogen (secondary N) is 1. The lowest BCUT2D eigenvalue weighted by atomic mass is 10.3. The molecule has 1 aliphatic heterocycles. The van der Waals surface area contributed by atoms with Crippen molar-refractivity contribution in [1.82, 2.24) is 0 Å². The minimum Gasteiger partial charge on any atom is -0.497 e. The molecule has 1 aromatic rings. The highest BCUT2D eigenvalue weighted by molar-refractivity contribution is 8.06. The quantitative estimate of drug-likeness (QED) is 0.752. The maximum Gasteiger partial charge on any atom is 0.270 e. The predicted molar refractivity (Wildman–Crippen MR) is 53.7 cm³/mol. The molecule has 0 saturated carbocycles. The van der Waals surface area contributed by atoms with Gasteiger partial charge in [-0.25, -0.2) is 8.42 Å². The van der Waals surface area contributed by atoms with Gasteiger partial charge in [0.05, 0.1) is 24.2 Å². The molecule has 5 nitrogen and oxygen atoms in total. The summed E-state index contributed by atoms with van der Waals surface area (Å²) < 4.78 is 28.1. The second-order valence-electron chi connectivity index (χ2n) is 3.09. The third-order valence-corrected chi connectivity index (χ3v) is 3.88. The summed E-state index contributed by atoms with van der Waals surface area (Å²) in [7, 11) is -2.31. The van der Waals surface area contributed by atoms with Gasteiger partial charge in [-0.15, -0.1) is 0 Å². The molecule has 80 valence electrons. The van der Waals surface area contributed by atoms with Crippen LogP contribution in [-0.2, 0) is 14.6 Å². The minimum atomic E-state index is -3.80. The molecule has 0 spiro atoms. The predicted octanol–water partition coefficient (Wildman–Crippen LogP) is 0.421. The number of ether oxygens (including phenoxy) is 1. The molecule has 0 aliphatic carbocycles. The van der Waals surface area contributed by atoms with Crippen molar-refractivity contribution in [2.24, 2.45) is 0 Å². The summed E-state index contributed by atoms with van der Waals surface area (Å²) in [5, 5.41) is 1.93. The molecule has 0 unspecified atom stereocenters. The highest BCUT2D eigenvalue weighted by Gasteiger charge is 2.31. The smallest absolute Gasteiger partial charge is 0.270 e. The van der Waals surface area contributed by atoms with Crippen molar-refractivity contribution in [3.63, 3.8) is 0 Å². The summed E-state index contributed by atoms with van der Waals surface area (Å²) >= 11 is 0. The summed E-state index contributed by atoms with van der Waals surface area (Å²) in [4.78, 5) is 11.2. The molecule has 0 atom stereocenters. The van der Waals surface area contributed by atoms with Gasteiger partial charge in [0.2, 0.25) is 9.84 Å². The van der Waals surface area contributed by atoms with Crippen LogP contribution in [0.3, 0.4) is 0 Å². The molecule has 0 bridgehead atoms. The number of carbonyl (C=O) groups excluding carboxylic acids is 1. The molecule has 6 heteroatoms. The lowest BCUT2D eigenvalue weighted by Crippen LogP contribution is -2.29. The lowest BCUT2D eigenvalue weighted by molar-refractivity contribution is -0.110. The highest BCUT2D eigenvalue weighted by atomic mass is 32.2. The fourth-order valence-corrected chi connectivity index (χ4v) is 2.57. The molecule has 0 saturated heterocycles. The summed E-state index contributed by atoms with van der Waals surface area (Å²) in [5.41, 5.74) is 0.411. The fraction of sp³-hybridized carbons (Fsp3) is 0.222. The van der Waals surface area contributed by atoms with Gasteiger partial charge in [0.1, 0.15) is 5.75 Å². The minimum absolute atomic E-state index is 0.0135. The number of carbonyl (C=O) groups is 1. The van der Waals surface area contributed by atoms with Gasteiger partial charge in [-0.1, -0.05) is 0 Å². The van der Waals surface area contributed by atoms with E-state index in [1.54, 1.807) is 6.07 Å². The Bertz CT molecular complexity index is 521. The first kappa shape index (κ1) is 9.97. The van der Waals surface area contributed by atoms with Crippen LogP contribution in [0.5, 0.6) is 5.75 Å². The Kier molecular flexibility index (Phi) is 2.15. The Morgan fingerprint density at radius 2 is 2.13 bits per heavy atom. The zero-order valence-electron chi connectivity index (χ0n) is 7.98. The first-order chi connectivity index (χ1) is 7.05. The number of rotatable bonds is 1. The summed E-state index contributed by atoms with van der Waals surface area (Å²) in [6.07, 6.45) is 0. The second-order valence-corrected chi connectivity index (χ2v) is 4.99. The van der Waals surface area contributed by atoms with Crippen molar-refractivity contribution in [3.05, 3.63) is 18.2 Å². The topological polar surface area (TPSA) is 72.5 Å². The lowest BCUT2D eigenvalue weighted by Gasteiger charge is -2.17. The van der Waals surface area contributed by atoms with E-state index in [4.69, 9.17) is 4.74 Å². The molecule has 1 N–H and O–H groups in total. The van der Waals surface area contributed by atoms with Gasteiger partial charge >= 0.3 is 0 Å². The number of fused-ring (bicyclic) bond motifs is 1. The van der Waals surface area contributed by atoms with Crippen molar-refractivity contribution in [2.75, 3.05) is 19.0 Å². The molecular weight excluding hydrogens is 218 g/mol. The first-order valence-corrected chi connectivity index (χ1v) is 5.74. The Labute approximate surface area is 87.0 Å². The number of sulfone groups is 1. The van der Waals surface area contributed by atoms with Crippen LogP contribution in [0, 0.1) is 0 Å². The molecule has 1 aromatic carbocycles. The van der Waals surface area contributed by atoms with E-state index >= 15 is 0 Å². The van der Waals surface area contributed by atoms with E-state index < -0.39 is 15.0 Å². The van der Waals surface area contributed by atoms with E-state index in [9.17, 15) is 13.2 Å². The third kappa shape index (κ3) is 1.46. The largest absolute Gasteiger partial charge is 0.497 e. The van der Waals surface area contributed by atoms with Gasteiger partial charge in [0.15, 0.2) is 0 Å². The van der Waals surface area contributed by atoms with Gasteiger partial charge in [-0.2, -0.15) is 0 Å². The van der Waals surface area contributed by atoms with Crippen LogP contribution in [0.1, 0.15) is 0 Å². The Morgan fingerprint density at radius 1 is 1.40 bits per heavy atom. The monoisotopic (exact) mass is 227 g/mol. The number of benzene rings is 1. The number of methoxy groups -OCH3 is 1. The van der Waals surface area contributed by atoms with E-state index in [0.717, 1.165) is 0 Å². The van der Waals surface area contributed by atoms with Crippen LogP contribution in [0.4, 0.5) is 5.69 Å². The van der Waals surface area contributed by atoms with E-state index in [0.29, 0.717) is 11.4 Å². The Morgan fingerprint density at radius 3 is 2.80 bits per heavy atom. The number of anilines is 1. The molecule has 2 rings (SSSR count). The molecule has 1 aliphatic rings. The van der Waals surface area contributed by atoms with Gasteiger partial charge in [0.25, 0.3) is 5.12 Å². The summed E-state index contributed by atoms with van der Waals surface area (Å²) in [6, 6.07) is 4.43. The third-order valence-electron chi connectivity index (χ3n) is 2.20. The SMILES string of the molecule is COc1ccc2c(c1)NCC(=O)S2(=O)=O. The first-order valence-electron chi connectivity index (χ1n) is 4.25. The van der Waals surface area contributed by atoms with Gasteiger partial charge in [-0.3, -0.25) is 4.79 Å². The van der Waals surface area contributed by atoms with Crippen LogP contribution in [0.15, 0.2) is 23.1 Å². The van der Waals surface area contributed by atoms with Crippen molar-refractivity contribution in [2.45, 2.75) is 4.90 Å². The van der Waals surface area contributed by atoms with Crippen LogP contribution < -0.4 is 10.1 Å². The van der Waals surface area contributed by atoms with Crippen molar-refractivity contribution >= 4 is 20.6 Å². The van der Waals surface area contributed by atoms with Crippen LogP contribution >= 0.6 is 0 Å². The van der Waals surface area contributed by atoms with Gasteiger partial charge in [0, 0.05) is 6.07 Å². The van der Waals surface area contributed by atoms with Crippen molar-refractivity contribution in [3.8, 4) is 5.75 Å². The van der Waals surface area contributed by atoms with E-state index in [1.807, 2.05) is 0 Å². The van der Waals surface area contributed by atoms with Crippen LogP contribution in [-0.4, -0.2) is 27.2 Å². The Balaban J connectivity index is 2.63. The van der Waals surface area contributed by atoms with Crippen molar-refractivity contribution in [1.29, 1.82) is 0 Å². The second kappa shape index (κ2) is 3.23. The number of hydrogen-bond donors (Lipinski definition) is 1. The fourth-order valence-electron chi connectivity index (χ4n) is 1.39. The maximum atomic E-state index is 11.6. The normalized spacial score (nSPS) is 17.8. The zero-order valence-corrected chi connectivity index (χ0v) is 8.80. The highest BCUT2D eigenvalue weighted by Crippen LogP contribution is 2.30. The van der Waals surface area contributed by atoms with E-state index in [2.05, 4.69) is 5.32 Å².